The Morgan fingerprint density at radius 1 is 1.67 bits per heavy atom. The summed E-state index contributed by atoms with van der Waals surface area (Å²) in [7, 11) is 0. The molecule has 5 heteroatoms. The van der Waals surface area contributed by atoms with Crippen molar-refractivity contribution in [3.8, 4) is 6.07 Å². The van der Waals surface area contributed by atoms with Gasteiger partial charge in [-0.1, -0.05) is 0 Å². The predicted octanol–water partition coefficient (Wildman–Crippen LogP) is -0.256. The van der Waals surface area contributed by atoms with E-state index in [2.05, 4.69) is 10.6 Å². The van der Waals surface area contributed by atoms with E-state index >= 15 is 0 Å². The number of carbonyl (C=O) groups excluding carboxylic acids is 2. The zero-order valence-electron chi connectivity index (χ0n) is 6.63. The molecule has 1 unspecified atom stereocenters. The molecule has 0 aliphatic carbocycles. The van der Waals surface area contributed by atoms with E-state index in [-0.39, 0.29) is 11.8 Å². The Bertz CT molecular complexity index is 256. The molecule has 0 radical (unpaired) electrons. The van der Waals surface area contributed by atoms with E-state index in [9.17, 15) is 9.59 Å². The third kappa shape index (κ3) is 1.72. The van der Waals surface area contributed by atoms with E-state index < -0.39 is 12.1 Å². The minimum atomic E-state index is -0.535. The maximum Gasteiger partial charge on any atom is 0.322 e. The Balaban J connectivity index is 2.50. The summed E-state index contributed by atoms with van der Waals surface area (Å²) in [5, 5.41) is 13.0. The molecule has 1 heterocycles. The number of nitrogens with zero attached hydrogens (tertiary/aromatic N) is 1. The number of carbonyl (C=O) groups is 2. The zero-order chi connectivity index (χ0) is 9.14. The summed E-state index contributed by atoms with van der Waals surface area (Å²) in [5.74, 6) is -0.568. The SMILES string of the molecule is CC(C#N)C[C@@H]1NC(=O)NC1=O. The Morgan fingerprint density at radius 3 is 2.75 bits per heavy atom. The van der Waals surface area contributed by atoms with Gasteiger partial charge in [0.2, 0.25) is 0 Å². The highest BCUT2D eigenvalue weighted by molar-refractivity contribution is 6.04. The van der Waals surface area contributed by atoms with Crippen LogP contribution < -0.4 is 10.6 Å². The van der Waals surface area contributed by atoms with Crippen molar-refractivity contribution in [1.29, 1.82) is 5.26 Å². The summed E-state index contributed by atoms with van der Waals surface area (Å²) < 4.78 is 0. The monoisotopic (exact) mass is 167 g/mol. The smallest absolute Gasteiger partial charge is 0.322 e. The van der Waals surface area contributed by atoms with Gasteiger partial charge in [-0.3, -0.25) is 10.1 Å². The van der Waals surface area contributed by atoms with Crippen LogP contribution in [0.25, 0.3) is 0 Å². The molecule has 1 saturated heterocycles. The number of hydrogen-bond acceptors (Lipinski definition) is 3. The second-order valence-corrected chi connectivity index (χ2v) is 2.78. The number of urea groups is 1. The lowest BCUT2D eigenvalue weighted by atomic mass is 10.0. The van der Waals surface area contributed by atoms with E-state index in [4.69, 9.17) is 5.26 Å². The fourth-order valence-electron chi connectivity index (χ4n) is 1.03. The van der Waals surface area contributed by atoms with Crippen LogP contribution >= 0.6 is 0 Å². The first-order valence-corrected chi connectivity index (χ1v) is 3.64. The zero-order valence-corrected chi connectivity index (χ0v) is 6.63. The quantitative estimate of drug-likeness (QED) is 0.556. The van der Waals surface area contributed by atoms with E-state index in [1.165, 1.54) is 0 Å². The van der Waals surface area contributed by atoms with Crippen LogP contribution in [0, 0.1) is 17.2 Å². The molecule has 0 aromatic rings. The van der Waals surface area contributed by atoms with Crippen molar-refractivity contribution in [3.63, 3.8) is 0 Å². The molecule has 1 rings (SSSR count). The molecule has 5 nitrogen and oxygen atoms in total. The van der Waals surface area contributed by atoms with E-state index in [1.807, 2.05) is 6.07 Å². The van der Waals surface area contributed by atoms with Gasteiger partial charge in [0.15, 0.2) is 0 Å². The fourth-order valence-corrected chi connectivity index (χ4v) is 1.03. The van der Waals surface area contributed by atoms with Crippen molar-refractivity contribution < 1.29 is 9.59 Å². The van der Waals surface area contributed by atoms with Gasteiger partial charge >= 0.3 is 6.03 Å². The van der Waals surface area contributed by atoms with Gasteiger partial charge in [0, 0.05) is 5.92 Å². The summed E-state index contributed by atoms with van der Waals surface area (Å²) in [6.07, 6.45) is 0.369. The molecule has 1 aliphatic rings. The second kappa shape index (κ2) is 3.22. The number of nitrogens with one attached hydrogen (secondary N) is 2. The molecule has 1 aliphatic heterocycles. The van der Waals surface area contributed by atoms with E-state index in [0.29, 0.717) is 6.42 Å². The van der Waals surface area contributed by atoms with Crippen LogP contribution in [0.4, 0.5) is 4.79 Å². The molecule has 0 aromatic heterocycles. The molecule has 2 atom stereocenters. The molecule has 0 bridgehead atoms. The minimum absolute atomic E-state index is 0.223. The Morgan fingerprint density at radius 2 is 2.33 bits per heavy atom. The molecule has 64 valence electrons. The first-order chi connectivity index (χ1) is 5.63. The Labute approximate surface area is 69.7 Å². The highest BCUT2D eigenvalue weighted by Gasteiger charge is 2.30. The summed E-state index contributed by atoms with van der Waals surface area (Å²) in [4.78, 5) is 21.5. The number of hydrogen-bond donors (Lipinski definition) is 2. The summed E-state index contributed by atoms with van der Waals surface area (Å²) in [5.41, 5.74) is 0. The standard InChI is InChI=1S/C7H9N3O2/c1-4(3-8)2-5-6(11)10-7(12)9-5/h4-5H,2H2,1H3,(H2,9,10,11,12)/t4?,5-/m0/s1. The molecule has 0 spiro atoms. The highest BCUT2D eigenvalue weighted by Crippen LogP contribution is 2.07. The lowest BCUT2D eigenvalue weighted by Crippen LogP contribution is -2.30. The first-order valence-electron chi connectivity index (χ1n) is 3.64. The van der Waals surface area contributed by atoms with Crippen LogP contribution in [0.15, 0.2) is 0 Å². The van der Waals surface area contributed by atoms with Crippen LogP contribution in [-0.2, 0) is 4.79 Å². The topological polar surface area (TPSA) is 82.0 Å². The van der Waals surface area contributed by atoms with Crippen LogP contribution in [0.3, 0.4) is 0 Å². The van der Waals surface area contributed by atoms with Crippen molar-refractivity contribution in [2.24, 2.45) is 5.92 Å². The van der Waals surface area contributed by atoms with Crippen LogP contribution in [0.5, 0.6) is 0 Å². The van der Waals surface area contributed by atoms with Gasteiger partial charge in [-0.15, -0.1) is 0 Å². The molecule has 12 heavy (non-hydrogen) atoms. The van der Waals surface area contributed by atoms with Gasteiger partial charge in [0.1, 0.15) is 6.04 Å². The largest absolute Gasteiger partial charge is 0.326 e. The first kappa shape index (κ1) is 8.53. The lowest BCUT2D eigenvalue weighted by Gasteiger charge is -2.06. The van der Waals surface area contributed by atoms with Crippen molar-refractivity contribution in [2.45, 2.75) is 19.4 Å². The molecule has 0 aromatic carbocycles. The van der Waals surface area contributed by atoms with Crippen LogP contribution in [0.1, 0.15) is 13.3 Å². The molecular weight excluding hydrogens is 158 g/mol. The van der Waals surface area contributed by atoms with E-state index in [0.717, 1.165) is 0 Å². The molecule has 3 amide bonds. The molecule has 0 saturated carbocycles. The molecule has 2 N–H and O–H groups in total. The van der Waals surface area contributed by atoms with Crippen LogP contribution in [-0.4, -0.2) is 18.0 Å². The predicted molar refractivity (Wildman–Crippen MR) is 39.9 cm³/mol. The van der Waals surface area contributed by atoms with Gasteiger partial charge < -0.3 is 5.32 Å². The van der Waals surface area contributed by atoms with Crippen molar-refractivity contribution in [3.05, 3.63) is 0 Å². The Hall–Kier alpha value is -1.57. The molecular formula is C7H9N3O2. The third-order valence-electron chi connectivity index (χ3n) is 1.67. The average molecular weight is 167 g/mol. The highest BCUT2D eigenvalue weighted by atomic mass is 16.2. The van der Waals surface area contributed by atoms with Gasteiger partial charge in [0.05, 0.1) is 6.07 Å². The van der Waals surface area contributed by atoms with Gasteiger partial charge in [-0.2, -0.15) is 5.26 Å². The number of amides is 3. The summed E-state index contributed by atoms with van der Waals surface area (Å²) in [6.45, 7) is 1.71. The fraction of sp³-hybridized carbons (Fsp3) is 0.571. The van der Waals surface area contributed by atoms with Gasteiger partial charge in [0.25, 0.3) is 5.91 Å². The Kier molecular flexibility index (Phi) is 2.29. The van der Waals surface area contributed by atoms with Gasteiger partial charge in [-0.05, 0) is 13.3 Å². The van der Waals surface area contributed by atoms with Crippen molar-refractivity contribution in [2.75, 3.05) is 0 Å². The number of nitriles is 1. The molecule has 1 fully saturated rings. The number of imide groups is 1. The summed E-state index contributed by atoms with van der Waals surface area (Å²) >= 11 is 0. The maximum atomic E-state index is 10.9. The lowest BCUT2D eigenvalue weighted by molar-refractivity contribution is -0.120. The van der Waals surface area contributed by atoms with Crippen LogP contribution in [0.2, 0.25) is 0 Å². The van der Waals surface area contributed by atoms with Gasteiger partial charge in [-0.25, -0.2) is 4.79 Å². The minimum Gasteiger partial charge on any atom is -0.326 e. The summed E-state index contributed by atoms with van der Waals surface area (Å²) in [6, 6.07) is 0.984. The van der Waals surface area contributed by atoms with Crippen molar-refractivity contribution in [1.82, 2.24) is 10.6 Å². The normalized spacial score (nSPS) is 24.2. The average Bonchev–Trinajstić information content (AvgIpc) is 2.30. The second-order valence-electron chi connectivity index (χ2n) is 2.78. The van der Waals surface area contributed by atoms with Crippen molar-refractivity contribution >= 4 is 11.9 Å². The maximum absolute atomic E-state index is 10.9. The van der Waals surface area contributed by atoms with E-state index in [1.54, 1.807) is 6.92 Å². The number of rotatable bonds is 2. The third-order valence-corrected chi connectivity index (χ3v) is 1.67.